The fraction of sp³-hybridized carbons (Fsp3) is 0.652. The van der Waals surface area contributed by atoms with Crippen LogP contribution in [0.4, 0.5) is 5.69 Å². The molecule has 0 aromatic heterocycles. The van der Waals surface area contributed by atoms with E-state index in [1.807, 2.05) is 18.2 Å². The van der Waals surface area contributed by atoms with Gasteiger partial charge in [0.1, 0.15) is 0 Å². The molecule has 1 aliphatic heterocycles. The second-order valence-corrected chi connectivity index (χ2v) is 9.74. The van der Waals surface area contributed by atoms with Crippen LogP contribution >= 0.6 is 0 Å². The molecule has 0 spiro atoms. The number of hydrogen-bond acceptors (Lipinski definition) is 4. The van der Waals surface area contributed by atoms with E-state index in [9.17, 15) is 14.7 Å². The summed E-state index contributed by atoms with van der Waals surface area (Å²) in [6.07, 6.45) is 5.95. The highest BCUT2D eigenvalue weighted by molar-refractivity contribution is 5.98. The van der Waals surface area contributed by atoms with Crippen LogP contribution < -0.4 is 4.90 Å². The minimum absolute atomic E-state index is 0.149. The number of hydrogen-bond donors (Lipinski definition) is 1. The van der Waals surface area contributed by atoms with E-state index in [4.69, 9.17) is 4.74 Å². The van der Waals surface area contributed by atoms with E-state index in [2.05, 4.69) is 6.07 Å². The summed E-state index contributed by atoms with van der Waals surface area (Å²) >= 11 is 0. The molecule has 1 aromatic rings. The van der Waals surface area contributed by atoms with Crippen molar-refractivity contribution in [3.8, 4) is 0 Å². The molecule has 6 rings (SSSR count). The summed E-state index contributed by atoms with van der Waals surface area (Å²) in [5.74, 6) is 0.410. The second-order valence-electron chi connectivity index (χ2n) is 9.74. The quantitative estimate of drug-likeness (QED) is 0.814. The van der Waals surface area contributed by atoms with Gasteiger partial charge in [-0.25, -0.2) is 0 Å². The van der Waals surface area contributed by atoms with Crippen molar-refractivity contribution in [3.05, 3.63) is 29.8 Å². The molecule has 4 fully saturated rings. The average molecular weight is 383 g/mol. The van der Waals surface area contributed by atoms with E-state index in [0.29, 0.717) is 24.8 Å². The van der Waals surface area contributed by atoms with Crippen molar-refractivity contribution >= 4 is 17.6 Å². The highest BCUT2D eigenvalue weighted by atomic mass is 16.5. The number of carbonyl (C=O) groups is 2. The first-order valence-corrected chi connectivity index (χ1v) is 10.7. The van der Waals surface area contributed by atoms with Crippen molar-refractivity contribution < 1.29 is 19.4 Å². The van der Waals surface area contributed by atoms with Crippen LogP contribution in [0.1, 0.15) is 57.4 Å². The van der Waals surface area contributed by atoms with Crippen molar-refractivity contribution in [3.63, 3.8) is 0 Å². The Labute approximate surface area is 166 Å². The number of para-hydroxylation sites is 1. The van der Waals surface area contributed by atoms with Gasteiger partial charge in [0.15, 0.2) is 6.10 Å². The van der Waals surface area contributed by atoms with Gasteiger partial charge in [-0.2, -0.15) is 0 Å². The van der Waals surface area contributed by atoms with Crippen molar-refractivity contribution in [1.82, 2.24) is 0 Å². The molecule has 5 heteroatoms. The van der Waals surface area contributed by atoms with E-state index in [0.717, 1.165) is 50.6 Å². The topological polar surface area (TPSA) is 66.8 Å². The number of benzene rings is 1. The summed E-state index contributed by atoms with van der Waals surface area (Å²) in [6, 6.07) is 7.96. The summed E-state index contributed by atoms with van der Waals surface area (Å²) in [4.78, 5) is 28.0. The zero-order valence-corrected chi connectivity index (χ0v) is 16.5. The van der Waals surface area contributed by atoms with E-state index < -0.39 is 17.1 Å². The maximum Gasteiger partial charge on any atom is 0.312 e. The molecule has 0 saturated heterocycles. The number of rotatable bonds is 3. The van der Waals surface area contributed by atoms with Crippen molar-refractivity contribution in [2.24, 2.45) is 17.3 Å². The number of carbonyl (C=O) groups excluding carboxylic acids is 2. The number of esters is 1. The zero-order valence-electron chi connectivity index (χ0n) is 16.5. The van der Waals surface area contributed by atoms with Crippen LogP contribution in [0.15, 0.2) is 24.3 Å². The Kier molecular flexibility index (Phi) is 4.10. The van der Waals surface area contributed by atoms with Gasteiger partial charge in [-0.05, 0) is 81.8 Å². The molecule has 150 valence electrons. The van der Waals surface area contributed by atoms with Crippen LogP contribution in [0.2, 0.25) is 0 Å². The molecule has 4 bridgehead atoms. The highest BCUT2D eigenvalue weighted by Gasteiger charge is 2.61. The van der Waals surface area contributed by atoms with Crippen molar-refractivity contribution in [2.75, 3.05) is 11.4 Å². The molecule has 0 radical (unpaired) electrons. The highest BCUT2D eigenvalue weighted by Crippen LogP contribution is 2.62. The summed E-state index contributed by atoms with van der Waals surface area (Å²) in [7, 11) is 0. The van der Waals surface area contributed by atoms with Crippen LogP contribution in [-0.4, -0.2) is 35.2 Å². The van der Waals surface area contributed by atoms with Gasteiger partial charge in [-0.3, -0.25) is 9.59 Å². The second kappa shape index (κ2) is 6.31. The molecule has 4 saturated carbocycles. The minimum Gasteiger partial charge on any atom is -0.452 e. The first kappa shape index (κ1) is 18.2. The van der Waals surface area contributed by atoms with Gasteiger partial charge in [0.2, 0.25) is 0 Å². The smallest absolute Gasteiger partial charge is 0.312 e. The Hall–Kier alpha value is -1.88. The molecule has 1 aromatic carbocycles. The molecule has 4 aliphatic carbocycles. The Balaban J connectivity index is 1.32. The monoisotopic (exact) mass is 383 g/mol. The molecule has 5 aliphatic rings. The molecular weight excluding hydrogens is 354 g/mol. The minimum atomic E-state index is -0.804. The van der Waals surface area contributed by atoms with E-state index >= 15 is 0 Å². The predicted molar refractivity (Wildman–Crippen MR) is 105 cm³/mol. The van der Waals surface area contributed by atoms with Gasteiger partial charge in [-0.1, -0.05) is 18.2 Å². The van der Waals surface area contributed by atoms with Gasteiger partial charge in [0.05, 0.1) is 11.0 Å². The van der Waals surface area contributed by atoms with Crippen LogP contribution in [0.5, 0.6) is 0 Å². The fourth-order valence-corrected chi connectivity index (χ4v) is 6.77. The van der Waals surface area contributed by atoms with Crippen molar-refractivity contribution in [2.45, 2.75) is 70.0 Å². The molecule has 28 heavy (non-hydrogen) atoms. The van der Waals surface area contributed by atoms with Crippen LogP contribution in [-0.2, 0) is 20.7 Å². The average Bonchev–Trinajstić information content (AvgIpc) is 2.65. The van der Waals surface area contributed by atoms with E-state index in [-0.39, 0.29) is 11.9 Å². The lowest BCUT2D eigenvalue weighted by molar-refractivity contribution is -0.199. The van der Waals surface area contributed by atoms with Gasteiger partial charge < -0.3 is 14.7 Å². The molecule has 3 unspecified atom stereocenters. The lowest BCUT2D eigenvalue weighted by atomic mass is 9.48. The number of amides is 1. The number of aryl methyl sites for hydroxylation is 1. The maximum atomic E-state index is 13.2. The van der Waals surface area contributed by atoms with E-state index in [1.165, 1.54) is 5.56 Å². The van der Waals surface area contributed by atoms with E-state index in [1.54, 1.807) is 11.8 Å². The third-order valence-corrected chi connectivity index (χ3v) is 7.47. The molecular formula is C23H29NO4. The molecule has 1 heterocycles. The molecule has 5 nitrogen and oxygen atoms in total. The van der Waals surface area contributed by atoms with Gasteiger partial charge in [-0.15, -0.1) is 0 Å². The Morgan fingerprint density at radius 3 is 2.61 bits per heavy atom. The number of ether oxygens (including phenoxy) is 1. The Morgan fingerprint density at radius 2 is 1.89 bits per heavy atom. The third-order valence-electron chi connectivity index (χ3n) is 7.47. The maximum absolute atomic E-state index is 13.2. The number of aliphatic hydroxyl groups is 1. The first-order valence-electron chi connectivity index (χ1n) is 10.7. The summed E-state index contributed by atoms with van der Waals surface area (Å²) in [5, 5.41) is 10.9. The van der Waals surface area contributed by atoms with Gasteiger partial charge >= 0.3 is 5.97 Å². The first-order chi connectivity index (χ1) is 13.4. The summed E-state index contributed by atoms with van der Waals surface area (Å²) in [5.41, 5.74) is 0.810. The lowest BCUT2D eigenvalue weighted by Crippen LogP contribution is -2.59. The number of fused-ring (bicyclic) bond motifs is 1. The Bertz CT molecular complexity index is 805. The zero-order chi connectivity index (χ0) is 19.5. The van der Waals surface area contributed by atoms with Gasteiger partial charge in [0.25, 0.3) is 5.91 Å². The van der Waals surface area contributed by atoms with Crippen LogP contribution in [0, 0.1) is 17.3 Å². The molecule has 1 amide bonds. The normalized spacial score (nSPS) is 36.7. The SMILES string of the molecule is CC(OC(=O)C12CC3CC(CC(O)(C3)C1)C2)C(=O)N1CCCc2ccccc21. The number of nitrogens with zero attached hydrogens (tertiary/aromatic N) is 1. The largest absolute Gasteiger partial charge is 0.452 e. The molecule has 1 N–H and O–H groups in total. The summed E-state index contributed by atoms with van der Waals surface area (Å²) < 4.78 is 5.77. The van der Waals surface area contributed by atoms with Crippen LogP contribution in [0.3, 0.4) is 0 Å². The summed E-state index contributed by atoms with van der Waals surface area (Å²) in [6.45, 7) is 2.35. The van der Waals surface area contributed by atoms with Crippen LogP contribution in [0.25, 0.3) is 0 Å². The number of anilines is 1. The standard InChI is InChI=1S/C23H29NO4/c1-15(20(25)24-8-4-6-18-5-2-3-7-19(18)24)28-21(26)22-10-16-9-17(11-22)13-23(27,12-16)14-22/h2-3,5,7,15-17,27H,4,6,8-14H2,1H3. The lowest BCUT2D eigenvalue weighted by Gasteiger charge is -2.58. The van der Waals surface area contributed by atoms with Gasteiger partial charge in [0, 0.05) is 12.2 Å². The predicted octanol–water partition coefficient (Wildman–Crippen LogP) is 3.23. The Morgan fingerprint density at radius 1 is 1.18 bits per heavy atom. The fourth-order valence-electron chi connectivity index (χ4n) is 6.77. The van der Waals surface area contributed by atoms with Crippen molar-refractivity contribution in [1.29, 1.82) is 0 Å². The third kappa shape index (κ3) is 2.86. The molecule has 3 atom stereocenters.